The predicted octanol–water partition coefficient (Wildman–Crippen LogP) is 1.98. The molecule has 4 atom stereocenters. The van der Waals surface area contributed by atoms with Crippen molar-refractivity contribution in [2.45, 2.75) is 37.0 Å². The molecule has 1 aliphatic carbocycles. The van der Waals surface area contributed by atoms with Gasteiger partial charge in [-0.3, -0.25) is 4.79 Å². The second kappa shape index (κ2) is 9.67. The Hall–Kier alpha value is -3.43. The fraction of sp³-hybridized carbons (Fsp3) is 0.423. The number of aliphatic carboxylic acids is 1. The van der Waals surface area contributed by atoms with Gasteiger partial charge in [-0.15, -0.1) is 0 Å². The number of β-amino-alcohol motifs (C(OH)–C–C–N with tert-alkyl or cyclic N) is 1. The fourth-order valence-corrected chi connectivity index (χ4v) is 5.39. The lowest BCUT2D eigenvalue weighted by atomic mass is 9.98. The maximum Gasteiger partial charge on any atom is 0.407 e. The summed E-state index contributed by atoms with van der Waals surface area (Å²) in [6.07, 6.45) is -1.38. The molecular weight excluding hydrogens is 452 g/mol. The van der Waals surface area contributed by atoms with Crippen LogP contribution in [0, 0.1) is 5.92 Å². The number of ether oxygens (including phenoxy) is 2. The van der Waals surface area contributed by atoms with Gasteiger partial charge in [-0.2, -0.15) is 0 Å². The van der Waals surface area contributed by atoms with Crippen molar-refractivity contribution in [1.82, 2.24) is 10.2 Å². The van der Waals surface area contributed by atoms with Crippen molar-refractivity contribution in [3.8, 4) is 11.1 Å². The summed E-state index contributed by atoms with van der Waals surface area (Å²) in [6, 6.07) is 15.2. The molecule has 2 heterocycles. The molecule has 0 radical (unpaired) electrons. The number of nitrogens with zero attached hydrogens (tertiary/aromatic N) is 1. The smallest absolute Gasteiger partial charge is 0.407 e. The second-order valence-electron chi connectivity index (χ2n) is 9.33. The molecule has 184 valence electrons. The van der Waals surface area contributed by atoms with E-state index in [0.29, 0.717) is 6.42 Å². The molecule has 1 unspecified atom stereocenters. The van der Waals surface area contributed by atoms with Crippen molar-refractivity contribution in [2.75, 3.05) is 26.3 Å². The molecule has 35 heavy (non-hydrogen) atoms. The van der Waals surface area contributed by atoms with Crippen LogP contribution in [0.4, 0.5) is 4.79 Å². The molecule has 2 aliphatic heterocycles. The quantitative estimate of drug-likeness (QED) is 0.577. The van der Waals surface area contributed by atoms with E-state index in [0.717, 1.165) is 22.3 Å². The summed E-state index contributed by atoms with van der Waals surface area (Å²) in [5, 5.41) is 21.8. The SMILES string of the molecule is O=C(NC[C@@H]1C[C@H](C(=O)N2CC(O)C[C@H]2C(=O)O)CO1)OCC1c2ccccc2-c2ccccc21. The van der Waals surface area contributed by atoms with E-state index in [4.69, 9.17) is 9.47 Å². The van der Waals surface area contributed by atoms with E-state index in [9.17, 15) is 24.6 Å². The number of aliphatic hydroxyl groups is 1. The molecule has 2 saturated heterocycles. The summed E-state index contributed by atoms with van der Waals surface area (Å²) in [5.74, 6) is -1.99. The third-order valence-corrected chi connectivity index (χ3v) is 7.09. The van der Waals surface area contributed by atoms with Gasteiger partial charge in [0.15, 0.2) is 0 Å². The molecule has 2 fully saturated rings. The summed E-state index contributed by atoms with van der Waals surface area (Å²) in [7, 11) is 0. The van der Waals surface area contributed by atoms with Gasteiger partial charge >= 0.3 is 12.1 Å². The number of hydrogen-bond acceptors (Lipinski definition) is 6. The number of fused-ring (bicyclic) bond motifs is 3. The molecule has 2 aromatic rings. The third kappa shape index (κ3) is 4.61. The van der Waals surface area contributed by atoms with Crippen LogP contribution in [0.5, 0.6) is 0 Å². The van der Waals surface area contributed by atoms with Gasteiger partial charge in [0, 0.05) is 25.4 Å². The molecule has 0 bridgehead atoms. The second-order valence-corrected chi connectivity index (χ2v) is 9.33. The molecule has 2 amide bonds. The zero-order chi connectivity index (χ0) is 24.5. The molecule has 5 rings (SSSR count). The van der Waals surface area contributed by atoms with Gasteiger partial charge in [0.2, 0.25) is 5.91 Å². The number of likely N-dealkylation sites (tertiary alicyclic amines) is 1. The van der Waals surface area contributed by atoms with Crippen LogP contribution in [0.15, 0.2) is 48.5 Å². The van der Waals surface area contributed by atoms with Gasteiger partial charge in [-0.25, -0.2) is 9.59 Å². The number of nitrogens with one attached hydrogen (secondary N) is 1. The number of carboxylic acid groups (broad SMARTS) is 1. The van der Waals surface area contributed by atoms with Crippen molar-refractivity contribution in [3.63, 3.8) is 0 Å². The third-order valence-electron chi connectivity index (χ3n) is 7.09. The molecule has 3 aliphatic rings. The van der Waals surface area contributed by atoms with Crippen LogP contribution in [0.1, 0.15) is 29.9 Å². The number of alkyl carbamates (subject to hydrolysis) is 1. The number of carbonyl (C=O) groups is 3. The van der Waals surface area contributed by atoms with E-state index >= 15 is 0 Å². The lowest BCUT2D eigenvalue weighted by Gasteiger charge is -2.23. The molecule has 9 nitrogen and oxygen atoms in total. The minimum Gasteiger partial charge on any atom is -0.480 e. The number of rotatable bonds is 6. The maximum absolute atomic E-state index is 12.8. The Morgan fingerprint density at radius 2 is 1.69 bits per heavy atom. The van der Waals surface area contributed by atoms with Gasteiger partial charge < -0.3 is 29.9 Å². The van der Waals surface area contributed by atoms with Crippen LogP contribution in [-0.4, -0.2) is 77.6 Å². The number of aliphatic hydroxyl groups excluding tert-OH is 1. The molecule has 9 heteroatoms. The topological polar surface area (TPSA) is 125 Å². The average molecular weight is 481 g/mol. The first-order valence-corrected chi connectivity index (χ1v) is 11.8. The van der Waals surface area contributed by atoms with E-state index < -0.39 is 30.1 Å². The Labute approximate surface area is 202 Å². The highest BCUT2D eigenvalue weighted by atomic mass is 16.5. The van der Waals surface area contributed by atoms with Crippen molar-refractivity contribution in [2.24, 2.45) is 5.92 Å². The normalized spacial score (nSPS) is 25.2. The highest BCUT2D eigenvalue weighted by molar-refractivity contribution is 5.86. The van der Waals surface area contributed by atoms with Gasteiger partial charge in [0.05, 0.1) is 24.7 Å². The van der Waals surface area contributed by atoms with Gasteiger partial charge in [0.25, 0.3) is 0 Å². The first kappa shape index (κ1) is 23.3. The Morgan fingerprint density at radius 3 is 2.34 bits per heavy atom. The van der Waals surface area contributed by atoms with Crippen molar-refractivity contribution >= 4 is 18.0 Å². The zero-order valence-corrected chi connectivity index (χ0v) is 19.1. The molecule has 3 N–H and O–H groups in total. The first-order chi connectivity index (χ1) is 16.9. The number of benzene rings is 2. The highest BCUT2D eigenvalue weighted by Gasteiger charge is 2.43. The fourth-order valence-electron chi connectivity index (χ4n) is 5.39. The maximum atomic E-state index is 12.8. The largest absolute Gasteiger partial charge is 0.480 e. The summed E-state index contributed by atoms with van der Waals surface area (Å²) < 4.78 is 11.2. The average Bonchev–Trinajstić information content (AvgIpc) is 3.57. The van der Waals surface area contributed by atoms with Crippen LogP contribution < -0.4 is 5.32 Å². The monoisotopic (exact) mass is 480 g/mol. The molecule has 0 spiro atoms. The van der Waals surface area contributed by atoms with E-state index in [1.807, 2.05) is 24.3 Å². The molecule has 0 aromatic heterocycles. The Morgan fingerprint density at radius 1 is 1.03 bits per heavy atom. The lowest BCUT2D eigenvalue weighted by Crippen LogP contribution is -2.44. The molecular formula is C26H28N2O7. The van der Waals surface area contributed by atoms with Crippen LogP contribution in [0.25, 0.3) is 11.1 Å². The molecule has 0 saturated carbocycles. The standard InChI is InChI=1S/C26H28N2O7/c29-16-10-23(25(31)32)28(12-16)24(30)15-9-17(34-13-15)11-27-26(33)35-14-22-20-7-3-1-5-18(20)19-6-2-4-8-21(19)22/h1-8,15-17,22-23,29H,9-14H2,(H,27,33)(H,31,32)/t15-,16?,17-,23-/m0/s1. The number of hydrogen-bond donors (Lipinski definition) is 3. The highest BCUT2D eigenvalue weighted by Crippen LogP contribution is 2.44. The van der Waals surface area contributed by atoms with Crippen LogP contribution in [0.3, 0.4) is 0 Å². The summed E-state index contributed by atoms with van der Waals surface area (Å²) >= 11 is 0. The summed E-state index contributed by atoms with van der Waals surface area (Å²) in [6.45, 7) is 0.551. The summed E-state index contributed by atoms with van der Waals surface area (Å²) in [5.41, 5.74) is 4.58. The van der Waals surface area contributed by atoms with Gasteiger partial charge in [0.1, 0.15) is 12.6 Å². The number of carboxylic acids is 1. The van der Waals surface area contributed by atoms with Crippen LogP contribution in [0.2, 0.25) is 0 Å². The van der Waals surface area contributed by atoms with Gasteiger partial charge in [-0.1, -0.05) is 48.5 Å². The predicted molar refractivity (Wildman–Crippen MR) is 125 cm³/mol. The molecule has 2 aromatic carbocycles. The number of amides is 2. The Balaban J connectivity index is 1.11. The zero-order valence-electron chi connectivity index (χ0n) is 19.1. The Kier molecular flexibility index (Phi) is 6.44. The lowest BCUT2D eigenvalue weighted by molar-refractivity contribution is -0.149. The van der Waals surface area contributed by atoms with E-state index in [2.05, 4.69) is 29.6 Å². The van der Waals surface area contributed by atoms with Crippen molar-refractivity contribution in [1.29, 1.82) is 0 Å². The minimum absolute atomic E-state index is 0.00890. The van der Waals surface area contributed by atoms with Gasteiger partial charge in [-0.05, 0) is 28.7 Å². The van der Waals surface area contributed by atoms with E-state index in [-0.39, 0.29) is 50.7 Å². The minimum atomic E-state index is -1.12. The first-order valence-electron chi connectivity index (χ1n) is 11.8. The van der Waals surface area contributed by atoms with E-state index in [1.54, 1.807) is 0 Å². The van der Waals surface area contributed by atoms with Crippen LogP contribution >= 0.6 is 0 Å². The van der Waals surface area contributed by atoms with Crippen molar-refractivity contribution in [3.05, 3.63) is 59.7 Å². The van der Waals surface area contributed by atoms with Crippen molar-refractivity contribution < 1.29 is 34.1 Å². The Bertz CT molecular complexity index is 1090. The number of carbonyl (C=O) groups excluding carboxylic acids is 2. The van der Waals surface area contributed by atoms with E-state index in [1.165, 1.54) is 4.90 Å². The van der Waals surface area contributed by atoms with Crippen LogP contribution in [-0.2, 0) is 19.1 Å². The summed E-state index contributed by atoms with van der Waals surface area (Å²) in [4.78, 5) is 37.8.